The van der Waals surface area contributed by atoms with E-state index in [2.05, 4.69) is 0 Å². The van der Waals surface area contributed by atoms with Crippen LogP contribution >= 0.6 is 0 Å². The number of amides is 1. The Labute approximate surface area is 123 Å². The molecule has 1 N–H and O–H groups in total. The molecule has 0 bridgehead atoms. The van der Waals surface area contributed by atoms with Crippen molar-refractivity contribution in [3.05, 3.63) is 11.8 Å². The molecule has 0 aliphatic carbocycles. The summed E-state index contributed by atoms with van der Waals surface area (Å²) in [6.45, 7) is 5.90. The molecule has 2 aliphatic heterocycles. The molecule has 0 radical (unpaired) electrons. The summed E-state index contributed by atoms with van der Waals surface area (Å²) in [7, 11) is 0. The lowest BCUT2D eigenvalue weighted by atomic mass is 9.91. The Bertz CT molecular complexity index is 467. The maximum Gasteiger partial charge on any atom is 0.411 e. The van der Waals surface area contributed by atoms with E-state index in [4.69, 9.17) is 14.5 Å². The molecule has 1 fully saturated rings. The zero-order valence-electron chi connectivity index (χ0n) is 12.5. The van der Waals surface area contributed by atoms with Crippen LogP contribution in [-0.4, -0.2) is 46.4 Å². The molecule has 2 aliphatic rings. The lowest BCUT2D eigenvalue weighted by molar-refractivity contribution is -0.237. The number of hydrogen-bond donors (Lipinski definition) is 1. The molecule has 7 nitrogen and oxygen atoms in total. The Hall–Kier alpha value is -1.76. The normalized spacial score (nSPS) is 25.5. The van der Waals surface area contributed by atoms with Gasteiger partial charge in [0.05, 0.1) is 0 Å². The van der Waals surface area contributed by atoms with Crippen LogP contribution in [0.15, 0.2) is 11.8 Å². The standard InChI is InChI=1S/C14H21NO6/c1-13(2,3)20-12(18)15-7-4-6-14(15,11(16)17)9-10-5-8-19-21-10/h5H,4,6-9H2,1-3H3,(H,16,17). The molecule has 1 atom stereocenters. The third-order valence-corrected chi connectivity index (χ3v) is 3.51. The van der Waals surface area contributed by atoms with Crippen LogP contribution < -0.4 is 0 Å². The van der Waals surface area contributed by atoms with Crippen LogP contribution in [0.3, 0.4) is 0 Å². The van der Waals surface area contributed by atoms with Gasteiger partial charge in [-0.25, -0.2) is 9.59 Å². The van der Waals surface area contributed by atoms with Gasteiger partial charge in [0.25, 0.3) is 0 Å². The Morgan fingerprint density at radius 3 is 2.71 bits per heavy atom. The minimum atomic E-state index is -1.33. The molecule has 0 aromatic rings. The minimum absolute atomic E-state index is 0.0849. The number of ether oxygens (including phenoxy) is 1. The van der Waals surface area contributed by atoms with Gasteiger partial charge >= 0.3 is 12.1 Å². The van der Waals surface area contributed by atoms with Gasteiger partial charge < -0.3 is 14.7 Å². The van der Waals surface area contributed by atoms with Crippen molar-refractivity contribution in [2.24, 2.45) is 0 Å². The van der Waals surface area contributed by atoms with Gasteiger partial charge in [-0.2, -0.15) is 4.89 Å². The predicted molar refractivity (Wildman–Crippen MR) is 72.3 cm³/mol. The van der Waals surface area contributed by atoms with Crippen molar-refractivity contribution in [2.45, 2.75) is 51.2 Å². The second-order valence-corrected chi connectivity index (χ2v) is 6.29. The Morgan fingerprint density at radius 1 is 1.48 bits per heavy atom. The third-order valence-electron chi connectivity index (χ3n) is 3.51. The summed E-state index contributed by atoms with van der Waals surface area (Å²) in [6.07, 6.45) is 2.13. The van der Waals surface area contributed by atoms with E-state index in [1.807, 2.05) is 0 Å². The van der Waals surface area contributed by atoms with Crippen LogP contribution in [0.1, 0.15) is 40.0 Å². The van der Waals surface area contributed by atoms with E-state index in [0.29, 0.717) is 25.1 Å². The number of carboxylic acids is 1. The summed E-state index contributed by atoms with van der Waals surface area (Å²) < 4.78 is 5.32. The van der Waals surface area contributed by atoms with E-state index in [0.717, 1.165) is 0 Å². The van der Waals surface area contributed by atoms with E-state index in [-0.39, 0.29) is 13.0 Å². The van der Waals surface area contributed by atoms with E-state index in [1.54, 1.807) is 26.8 Å². The maximum atomic E-state index is 12.3. The minimum Gasteiger partial charge on any atom is -0.479 e. The van der Waals surface area contributed by atoms with Gasteiger partial charge in [-0.05, 0) is 39.7 Å². The molecule has 0 aromatic carbocycles. The Balaban J connectivity index is 2.21. The molecular formula is C14H21NO6. The van der Waals surface area contributed by atoms with Gasteiger partial charge in [0, 0.05) is 13.0 Å². The first kappa shape index (κ1) is 15.6. The molecular weight excluding hydrogens is 278 g/mol. The molecule has 7 heteroatoms. The topological polar surface area (TPSA) is 85.3 Å². The van der Waals surface area contributed by atoms with Gasteiger partial charge in [-0.3, -0.25) is 4.90 Å². The van der Waals surface area contributed by atoms with E-state index >= 15 is 0 Å². The molecule has 21 heavy (non-hydrogen) atoms. The van der Waals surface area contributed by atoms with Crippen LogP contribution in [0.2, 0.25) is 0 Å². The summed E-state index contributed by atoms with van der Waals surface area (Å²) in [4.78, 5) is 35.1. The van der Waals surface area contributed by atoms with Crippen LogP contribution in [0.25, 0.3) is 0 Å². The largest absolute Gasteiger partial charge is 0.479 e. The fourth-order valence-corrected chi connectivity index (χ4v) is 2.60. The number of hydrogen-bond acceptors (Lipinski definition) is 5. The SMILES string of the molecule is CC(C)(C)OC(=O)N1CCCC1(CC1=CCOO1)C(=O)O. The van der Waals surface area contributed by atoms with Crippen molar-refractivity contribution in [2.75, 3.05) is 13.2 Å². The van der Waals surface area contributed by atoms with Gasteiger partial charge in [0.15, 0.2) is 5.54 Å². The van der Waals surface area contributed by atoms with Crippen molar-refractivity contribution in [3.8, 4) is 0 Å². The molecule has 1 unspecified atom stereocenters. The smallest absolute Gasteiger partial charge is 0.411 e. The maximum absolute atomic E-state index is 12.3. The number of nitrogens with zero attached hydrogens (tertiary/aromatic N) is 1. The van der Waals surface area contributed by atoms with Gasteiger partial charge in [-0.1, -0.05) is 0 Å². The van der Waals surface area contributed by atoms with Gasteiger partial charge in [-0.15, -0.1) is 0 Å². The molecule has 2 heterocycles. The quantitative estimate of drug-likeness (QED) is 0.803. The van der Waals surface area contributed by atoms with Gasteiger partial charge in [0.1, 0.15) is 18.0 Å². The Morgan fingerprint density at radius 2 is 2.19 bits per heavy atom. The highest BCUT2D eigenvalue weighted by Crippen LogP contribution is 2.37. The van der Waals surface area contributed by atoms with Crippen LogP contribution in [-0.2, 0) is 19.3 Å². The lowest BCUT2D eigenvalue weighted by Crippen LogP contribution is -2.54. The summed E-state index contributed by atoms with van der Waals surface area (Å²) in [5.74, 6) is -0.616. The first-order chi connectivity index (χ1) is 9.74. The fraction of sp³-hybridized carbons (Fsp3) is 0.714. The highest BCUT2D eigenvalue weighted by Gasteiger charge is 2.52. The first-order valence-corrected chi connectivity index (χ1v) is 6.97. The van der Waals surface area contributed by atoms with E-state index < -0.39 is 23.2 Å². The van der Waals surface area contributed by atoms with Crippen molar-refractivity contribution in [1.29, 1.82) is 0 Å². The number of likely N-dealkylation sites (tertiary alicyclic amines) is 1. The summed E-state index contributed by atoms with van der Waals surface area (Å²) in [5, 5.41) is 9.67. The molecule has 0 spiro atoms. The highest BCUT2D eigenvalue weighted by molar-refractivity contribution is 5.85. The second kappa shape index (κ2) is 5.55. The van der Waals surface area contributed by atoms with Crippen LogP contribution in [0.5, 0.6) is 0 Å². The number of carbonyl (C=O) groups is 2. The zero-order chi connectivity index (χ0) is 15.7. The van der Waals surface area contributed by atoms with Crippen molar-refractivity contribution in [1.82, 2.24) is 4.90 Å². The molecule has 0 aromatic heterocycles. The van der Waals surface area contributed by atoms with Crippen LogP contribution in [0, 0.1) is 0 Å². The zero-order valence-corrected chi connectivity index (χ0v) is 12.5. The van der Waals surface area contributed by atoms with Crippen molar-refractivity contribution >= 4 is 12.1 Å². The van der Waals surface area contributed by atoms with Crippen molar-refractivity contribution < 1.29 is 29.2 Å². The lowest BCUT2D eigenvalue weighted by Gasteiger charge is -2.35. The monoisotopic (exact) mass is 299 g/mol. The fourth-order valence-electron chi connectivity index (χ4n) is 2.60. The summed E-state index contributed by atoms with van der Waals surface area (Å²) in [6, 6.07) is 0. The van der Waals surface area contributed by atoms with E-state index in [1.165, 1.54) is 4.90 Å². The number of aliphatic carboxylic acids is 1. The third kappa shape index (κ3) is 3.29. The molecule has 2 rings (SSSR count). The summed E-state index contributed by atoms with van der Waals surface area (Å²) >= 11 is 0. The Kier molecular flexibility index (Phi) is 4.13. The molecule has 1 saturated heterocycles. The predicted octanol–water partition coefficient (Wildman–Crippen LogP) is 2.08. The average Bonchev–Trinajstić information content (AvgIpc) is 2.96. The molecule has 1 amide bonds. The number of carboxylic acid groups (broad SMARTS) is 1. The van der Waals surface area contributed by atoms with Gasteiger partial charge in [0.2, 0.25) is 0 Å². The molecule has 118 valence electrons. The first-order valence-electron chi connectivity index (χ1n) is 6.97. The van der Waals surface area contributed by atoms with Crippen molar-refractivity contribution in [3.63, 3.8) is 0 Å². The number of carbonyl (C=O) groups excluding carboxylic acids is 1. The summed E-state index contributed by atoms with van der Waals surface area (Å²) in [5.41, 5.74) is -2.00. The molecule has 0 saturated carbocycles. The average molecular weight is 299 g/mol. The van der Waals surface area contributed by atoms with E-state index in [9.17, 15) is 14.7 Å². The number of rotatable bonds is 3. The van der Waals surface area contributed by atoms with Crippen LogP contribution in [0.4, 0.5) is 4.79 Å². The second-order valence-electron chi connectivity index (χ2n) is 6.29. The highest BCUT2D eigenvalue weighted by atomic mass is 17.2.